The lowest BCUT2D eigenvalue weighted by Crippen LogP contribution is -2.42. The van der Waals surface area contributed by atoms with Crippen molar-refractivity contribution in [2.45, 2.75) is 51.7 Å². The first-order valence-electron chi connectivity index (χ1n) is 10.2. The van der Waals surface area contributed by atoms with Gasteiger partial charge in [-0.2, -0.15) is 0 Å². The number of hydrogen-bond donors (Lipinski definition) is 1. The Morgan fingerprint density at radius 1 is 1.12 bits per heavy atom. The molecule has 0 aromatic rings. The summed E-state index contributed by atoms with van der Waals surface area (Å²) in [5.74, 6) is 3.48. The van der Waals surface area contributed by atoms with Crippen LogP contribution < -0.4 is 5.32 Å². The third-order valence-electron chi connectivity index (χ3n) is 6.51. The fourth-order valence-electron chi connectivity index (χ4n) is 5.35. The van der Waals surface area contributed by atoms with Crippen molar-refractivity contribution < 1.29 is 4.74 Å². The van der Waals surface area contributed by atoms with Crippen LogP contribution in [0.1, 0.15) is 39.5 Å². The maximum atomic E-state index is 6.10. The smallest absolute Gasteiger partial charge is 0.193 e. The summed E-state index contributed by atoms with van der Waals surface area (Å²) in [6.07, 6.45) is 6.36. The minimum atomic E-state index is 0. The standard InChI is InChI=1S/C19H34N4O.HI/c1-3-20-19(21-8-10-22-9-4-5-14(2)11-22)23-12-15-16(13-23)18-7-6-17(15)24-18;/h14-18H,3-13H2,1-2H3,(H,20,21);1H. The highest BCUT2D eigenvalue weighted by Gasteiger charge is 2.53. The summed E-state index contributed by atoms with van der Waals surface area (Å²) in [5.41, 5.74) is 0. The Labute approximate surface area is 170 Å². The molecule has 5 nitrogen and oxygen atoms in total. The van der Waals surface area contributed by atoms with Crippen molar-refractivity contribution in [2.24, 2.45) is 22.7 Å². The van der Waals surface area contributed by atoms with Crippen LogP contribution in [0.2, 0.25) is 0 Å². The highest BCUT2D eigenvalue weighted by Crippen LogP contribution is 2.47. The number of piperidine rings is 1. The van der Waals surface area contributed by atoms with Gasteiger partial charge in [0.2, 0.25) is 0 Å². The number of hydrogen-bond acceptors (Lipinski definition) is 3. The first-order valence-corrected chi connectivity index (χ1v) is 10.2. The molecule has 0 aromatic carbocycles. The molecule has 0 aliphatic carbocycles. The molecule has 4 fully saturated rings. The number of halogens is 1. The molecule has 25 heavy (non-hydrogen) atoms. The zero-order valence-corrected chi connectivity index (χ0v) is 18.2. The number of rotatable bonds is 4. The molecule has 4 heterocycles. The predicted octanol–water partition coefficient (Wildman–Crippen LogP) is 2.41. The molecule has 0 radical (unpaired) electrons. The number of aliphatic imine (C=N–C) groups is 1. The maximum Gasteiger partial charge on any atom is 0.193 e. The fourth-order valence-corrected chi connectivity index (χ4v) is 5.35. The van der Waals surface area contributed by atoms with Gasteiger partial charge in [0.1, 0.15) is 0 Å². The molecule has 1 N–H and O–H groups in total. The number of fused-ring (bicyclic) bond motifs is 5. The van der Waals surface area contributed by atoms with Crippen molar-refractivity contribution >= 4 is 29.9 Å². The van der Waals surface area contributed by atoms with Crippen molar-refractivity contribution in [3.63, 3.8) is 0 Å². The average Bonchev–Trinajstić information content (AvgIpc) is 3.27. The van der Waals surface area contributed by atoms with E-state index in [1.54, 1.807) is 0 Å². The highest BCUT2D eigenvalue weighted by atomic mass is 127. The number of nitrogens with zero attached hydrogens (tertiary/aromatic N) is 3. The van der Waals surface area contributed by atoms with Crippen LogP contribution in [0.4, 0.5) is 0 Å². The molecule has 144 valence electrons. The third kappa shape index (κ3) is 4.26. The van der Waals surface area contributed by atoms with E-state index in [2.05, 4.69) is 29.0 Å². The molecule has 4 aliphatic heterocycles. The molecule has 4 saturated heterocycles. The van der Waals surface area contributed by atoms with E-state index < -0.39 is 0 Å². The van der Waals surface area contributed by atoms with Crippen LogP contribution in [-0.4, -0.2) is 73.8 Å². The predicted molar refractivity (Wildman–Crippen MR) is 113 cm³/mol. The van der Waals surface area contributed by atoms with Gasteiger partial charge in [-0.3, -0.25) is 4.99 Å². The lowest BCUT2D eigenvalue weighted by Gasteiger charge is -2.30. The van der Waals surface area contributed by atoms with Gasteiger partial charge in [-0.1, -0.05) is 6.92 Å². The summed E-state index contributed by atoms with van der Waals surface area (Å²) in [7, 11) is 0. The van der Waals surface area contributed by atoms with E-state index >= 15 is 0 Å². The summed E-state index contributed by atoms with van der Waals surface area (Å²) in [4.78, 5) is 10.1. The molecule has 0 saturated carbocycles. The lowest BCUT2D eigenvalue weighted by atomic mass is 9.82. The van der Waals surface area contributed by atoms with Crippen LogP contribution in [0.15, 0.2) is 4.99 Å². The number of likely N-dealkylation sites (tertiary alicyclic amines) is 2. The number of guanidine groups is 1. The van der Waals surface area contributed by atoms with Gasteiger partial charge in [-0.25, -0.2) is 0 Å². The van der Waals surface area contributed by atoms with Crippen LogP contribution in [0.25, 0.3) is 0 Å². The van der Waals surface area contributed by atoms with Gasteiger partial charge >= 0.3 is 0 Å². The number of ether oxygens (including phenoxy) is 1. The Hall–Kier alpha value is -0.0800. The Bertz CT molecular complexity index is 456. The summed E-state index contributed by atoms with van der Waals surface area (Å²) in [5, 5.41) is 3.53. The highest BCUT2D eigenvalue weighted by molar-refractivity contribution is 14.0. The minimum Gasteiger partial charge on any atom is -0.374 e. The second kappa shape index (κ2) is 8.74. The van der Waals surface area contributed by atoms with E-state index in [0.717, 1.165) is 56.4 Å². The third-order valence-corrected chi connectivity index (χ3v) is 6.51. The van der Waals surface area contributed by atoms with Crippen molar-refractivity contribution in [1.29, 1.82) is 0 Å². The summed E-state index contributed by atoms with van der Waals surface area (Å²) in [6, 6.07) is 0. The van der Waals surface area contributed by atoms with Gasteiger partial charge in [0.05, 0.1) is 18.8 Å². The van der Waals surface area contributed by atoms with Crippen molar-refractivity contribution in [1.82, 2.24) is 15.1 Å². The molecule has 5 unspecified atom stereocenters. The molecule has 0 amide bonds. The molecule has 0 spiro atoms. The van der Waals surface area contributed by atoms with Crippen LogP contribution in [-0.2, 0) is 4.74 Å². The van der Waals surface area contributed by atoms with Gasteiger partial charge < -0.3 is 19.9 Å². The van der Waals surface area contributed by atoms with Crippen molar-refractivity contribution in [3.05, 3.63) is 0 Å². The van der Waals surface area contributed by atoms with Gasteiger partial charge in [0, 0.05) is 44.6 Å². The lowest BCUT2D eigenvalue weighted by molar-refractivity contribution is 0.0767. The van der Waals surface area contributed by atoms with Crippen LogP contribution in [0.5, 0.6) is 0 Å². The van der Waals surface area contributed by atoms with Gasteiger partial charge in [0.15, 0.2) is 5.96 Å². The normalized spacial score (nSPS) is 37.9. The van der Waals surface area contributed by atoms with E-state index in [4.69, 9.17) is 9.73 Å². The second-order valence-corrected chi connectivity index (χ2v) is 8.31. The first kappa shape index (κ1) is 19.7. The monoisotopic (exact) mass is 462 g/mol. The van der Waals surface area contributed by atoms with Crippen LogP contribution in [0, 0.1) is 17.8 Å². The molecular weight excluding hydrogens is 427 g/mol. The topological polar surface area (TPSA) is 40.1 Å². The van der Waals surface area contributed by atoms with E-state index in [1.807, 2.05) is 0 Å². The average molecular weight is 462 g/mol. The van der Waals surface area contributed by atoms with Gasteiger partial charge in [-0.15, -0.1) is 24.0 Å². The molecule has 6 heteroatoms. The Morgan fingerprint density at radius 2 is 1.84 bits per heavy atom. The SMILES string of the molecule is CCNC(=NCCN1CCCC(C)C1)N1CC2C3CCC(O3)C2C1.I. The Morgan fingerprint density at radius 3 is 2.48 bits per heavy atom. The summed E-state index contributed by atoms with van der Waals surface area (Å²) in [6.45, 7) is 12.3. The van der Waals surface area contributed by atoms with Crippen molar-refractivity contribution in [3.8, 4) is 0 Å². The molecule has 4 rings (SSSR count). The second-order valence-electron chi connectivity index (χ2n) is 8.31. The first-order chi connectivity index (χ1) is 11.7. The molecule has 5 atom stereocenters. The number of nitrogens with one attached hydrogen (secondary N) is 1. The Balaban J connectivity index is 0.00000182. The summed E-state index contributed by atoms with van der Waals surface area (Å²) >= 11 is 0. The maximum absolute atomic E-state index is 6.10. The Kier molecular flexibility index (Phi) is 6.88. The molecule has 4 aliphatic rings. The van der Waals surface area contributed by atoms with Gasteiger partial charge in [-0.05, 0) is 45.1 Å². The van der Waals surface area contributed by atoms with E-state index in [9.17, 15) is 0 Å². The van der Waals surface area contributed by atoms with Gasteiger partial charge in [0.25, 0.3) is 0 Å². The van der Waals surface area contributed by atoms with Crippen LogP contribution >= 0.6 is 24.0 Å². The van der Waals surface area contributed by atoms with Crippen LogP contribution in [0.3, 0.4) is 0 Å². The quantitative estimate of drug-likeness (QED) is 0.396. The largest absolute Gasteiger partial charge is 0.374 e. The van der Waals surface area contributed by atoms with E-state index in [0.29, 0.717) is 12.2 Å². The fraction of sp³-hybridized carbons (Fsp3) is 0.947. The molecule has 0 aromatic heterocycles. The molecular formula is C19H35IN4O. The summed E-state index contributed by atoms with van der Waals surface area (Å²) < 4.78 is 6.10. The molecule has 2 bridgehead atoms. The van der Waals surface area contributed by atoms with E-state index in [-0.39, 0.29) is 24.0 Å². The van der Waals surface area contributed by atoms with Crippen molar-refractivity contribution in [2.75, 3.05) is 45.8 Å². The van der Waals surface area contributed by atoms with E-state index in [1.165, 1.54) is 38.8 Å². The zero-order chi connectivity index (χ0) is 16.5. The zero-order valence-electron chi connectivity index (χ0n) is 15.8. The minimum absolute atomic E-state index is 0.